The van der Waals surface area contributed by atoms with Crippen molar-refractivity contribution in [2.24, 2.45) is 5.92 Å². The topological polar surface area (TPSA) is 69.6 Å². The lowest BCUT2D eigenvalue weighted by Gasteiger charge is -2.35. The van der Waals surface area contributed by atoms with Crippen LogP contribution in [0, 0.1) is 5.92 Å². The van der Waals surface area contributed by atoms with E-state index in [-0.39, 0.29) is 11.8 Å². The standard InChI is InChI=1S/C14H17NO3S.C12H23N/c1-9(8-19)13(16)15-7-11-5-3-2-4-10(11)6-12(15)14(17)18;1-3-7-11(8-4-1)13-12-9-5-2-6-10-12/h2-5,9,12,19H,6-8H2,1H3,(H,17,18);11-13H,1-10H2. The van der Waals surface area contributed by atoms with Crippen molar-refractivity contribution < 1.29 is 14.7 Å². The second kappa shape index (κ2) is 12.6. The van der Waals surface area contributed by atoms with Gasteiger partial charge in [-0.25, -0.2) is 4.79 Å². The highest BCUT2D eigenvalue weighted by molar-refractivity contribution is 7.80. The minimum absolute atomic E-state index is 0.142. The summed E-state index contributed by atoms with van der Waals surface area (Å²) in [4.78, 5) is 25.1. The van der Waals surface area contributed by atoms with Gasteiger partial charge in [0, 0.05) is 36.7 Å². The summed E-state index contributed by atoms with van der Waals surface area (Å²) in [6.07, 6.45) is 14.9. The third kappa shape index (κ3) is 6.98. The Morgan fingerprint density at radius 2 is 1.53 bits per heavy atom. The van der Waals surface area contributed by atoms with Crippen molar-refractivity contribution in [1.29, 1.82) is 0 Å². The minimum Gasteiger partial charge on any atom is -0.480 e. The molecule has 2 fully saturated rings. The van der Waals surface area contributed by atoms with E-state index >= 15 is 0 Å². The lowest BCUT2D eigenvalue weighted by atomic mass is 9.91. The predicted octanol–water partition coefficient (Wildman–Crippen LogP) is 4.83. The van der Waals surface area contributed by atoms with E-state index in [1.807, 2.05) is 24.3 Å². The molecule has 2 N–H and O–H groups in total. The number of thiol groups is 1. The van der Waals surface area contributed by atoms with E-state index in [0.29, 0.717) is 18.7 Å². The number of nitrogens with one attached hydrogen (secondary N) is 1. The van der Waals surface area contributed by atoms with Gasteiger partial charge in [-0.2, -0.15) is 12.6 Å². The number of carbonyl (C=O) groups is 2. The lowest BCUT2D eigenvalue weighted by molar-refractivity contribution is -0.152. The molecule has 2 aliphatic carbocycles. The maximum absolute atomic E-state index is 12.3. The summed E-state index contributed by atoms with van der Waals surface area (Å²) in [6.45, 7) is 2.14. The normalized spacial score (nSPS) is 22.9. The number of rotatable bonds is 5. The van der Waals surface area contributed by atoms with Crippen molar-refractivity contribution in [3.8, 4) is 0 Å². The molecule has 1 amide bonds. The molecule has 32 heavy (non-hydrogen) atoms. The van der Waals surface area contributed by atoms with Crippen molar-refractivity contribution in [3.05, 3.63) is 35.4 Å². The van der Waals surface area contributed by atoms with Crippen LogP contribution >= 0.6 is 12.6 Å². The minimum atomic E-state index is -0.950. The number of hydrogen-bond acceptors (Lipinski definition) is 4. The number of carbonyl (C=O) groups excluding carboxylic acids is 1. The Morgan fingerprint density at radius 3 is 2.03 bits per heavy atom. The Kier molecular flexibility index (Phi) is 9.92. The van der Waals surface area contributed by atoms with Gasteiger partial charge in [0.15, 0.2) is 0 Å². The van der Waals surface area contributed by atoms with Crippen LogP contribution in [0.25, 0.3) is 0 Å². The van der Waals surface area contributed by atoms with E-state index in [0.717, 1.165) is 23.2 Å². The Morgan fingerprint density at radius 1 is 1.00 bits per heavy atom. The van der Waals surface area contributed by atoms with Crippen LogP contribution in [0.15, 0.2) is 24.3 Å². The molecule has 1 aromatic rings. The van der Waals surface area contributed by atoms with Gasteiger partial charge >= 0.3 is 5.97 Å². The molecule has 1 aliphatic heterocycles. The van der Waals surface area contributed by atoms with Crippen LogP contribution < -0.4 is 5.32 Å². The highest BCUT2D eigenvalue weighted by Crippen LogP contribution is 2.25. The van der Waals surface area contributed by atoms with Crippen LogP contribution in [0.1, 0.15) is 82.3 Å². The molecular weight excluding hydrogens is 420 g/mol. The fourth-order valence-corrected chi connectivity index (χ4v) is 5.36. The van der Waals surface area contributed by atoms with Gasteiger partial charge < -0.3 is 15.3 Å². The smallest absolute Gasteiger partial charge is 0.326 e. The largest absolute Gasteiger partial charge is 0.480 e. The molecular formula is C26H40N2O3S. The number of hydrogen-bond donors (Lipinski definition) is 3. The zero-order valence-corrected chi connectivity index (χ0v) is 20.4. The third-order valence-electron chi connectivity index (χ3n) is 7.19. The van der Waals surface area contributed by atoms with Crippen LogP contribution in [-0.4, -0.2) is 45.8 Å². The van der Waals surface area contributed by atoms with Gasteiger partial charge in [-0.15, -0.1) is 0 Å². The second-order valence-corrected chi connectivity index (χ2v) is 10.1. The first-order chi connectivity index (χ1) is 15.5. The Labute approximate surface area is 198 Å². The molecule has 0 bridgehead atoms. The van der Waals surface area contributed by atoms with E-state index in [1.165, 1.54) is 69.1 Å². The van der Waals surface area contributed by atoms with Crippen molar-refractivity contribution in [2.45, 2.75) is 102 Å². The van der Waals surface area contributed by atoms with E-state index in [1.54, 1.807) is 6.92 Å². The lowest BCUT2D eigenvalue weighted by Crippen LogP contribution is -2.50. The second-order valence-electron chi connectivity index (χ2n) is 9.71. The fraction of sp³-hybridized carbons (Fsp3) is 0.692. The number of amides is 1. The number of carboxylic acids is 1. The van der Waals surface area contributed by atoms with Crippen molar-refractivity contribution in [3.63, 3.8) is 0 Å². The summed E-state index contributed by atoms with van der Waals surface area (Å²) in [5.74, 6) is -0.940. The van der Waals surface area contributed by atoms with Crippen LogP contribution in [0.2, 0.25) is 0 Å². The monoisotopic (exact) mass is 460 g/mol. The van der Waals surface area contributed by atoms with E-state index in [9.17, 15) is 14.7 Å². The quantitative estimate of drug-likeness (QED) is 0.551. The molecule has 2 unspecified atom stereocenters. The van der Waals surface area contributed by atoms with Gasteiger partial charge in [-0.3, -0.25) is 4.79 Å². The summed E-state index contributed by atoms with van der Waals surface area (Å²) >= 11 is 4.12. The molecule has 0 spiro atoms. The van der Waals surface area contributed by atoms with Crippen molar-refractivity contribution in [2.75, 3.05) is 5.75 Å². The molecule has 3 aliphatic rings. The Hall–Kier alpha value is -1.53. The molecule has 6 heteroatoms. The van der Waals surface area contributed by atoms with Crippen molar-refractivity contribution >= 4 is 24.5 Å². The molecule has 178 valence electrons. The van der Waals surface area contributed by atoms with Crippen LogP contribution in [0.3, 0.4) is 0 Å². The molecule has 1 heterocycles. The van der Waals surface area contributed by atoms with E-state index < -0.39 is 12.0 Å². The van der Waals surface area contributed by atoms with Crippen LogP contribution in [0.5, 0.6) is 0 Å². The summed E-state index contributed by atoms with van der Waals surface area (Å²) in [5, 5.41) is 13.2. The summed E-state index contributed by atoms with van der Waals surface area (Å²) in [5.41, 5.74) is 2.04. The van der Waals surface area contributed by atoms with Crippen LogP contribution in [0.4, 0.5) is 0 Å². The number of nitrogens with zero attached hydrogens (tertiary/aromatic N) is 1. The average Bonchev–Trinajstić information content (AvgIpc) is 2.84. The Balaban J connectivity index is 0.000000193. The number of fused-ring (bicyclic) bond motifs is 1. The zero-order valence-electron chi connectivity index (χ0n) is 19.5. The first-order valence-electron chi connectivity index (χ1n) is 12.5. The van der Waals surface area contributed by atoms with Gasteiger partial charge in [-0.05, 0) is 36.8 Å². The molecule has 0 aromatic heterocycles. The number of aliphatic carboxylic acids is 1. The molecule has 4 rings (SSSR count). The highest BCUT2D eigenvalue weighted by atomic mass is 32.1. The maximum Gasteiger partial charge on any atom is 0.326 e. The first-order valence-corrected chi connectivity index (χ1v) is 13.1. The summed E-state index contributed by atoms with van der Waals surface area (Å²) in [7, 11) is 0. The van der Waals surface area contributed by atoms with Gasteiger partial charge in [0.2, 0.25) is 5.91 Å². The van der Waals surface area contributed by atoms with Gasteiger partial charge in [-0.1, -0.05) is 69.7 Å². The molecule has 2 saturated carbocycles. The zero-order chi connectivity index (χ0) is 22.9. The molecule has 0 radical (unpaired) electrons. The van der Waals surface area contributed by atoms with Gasteiger partial charge in [0.1, 0.15) is 6.04 Å². The van der Waals surface area contributed by atoms with Crippen LogP contribution in [-0.2, 0) is 22.6 Å². The molecule has 1 aromatic carbocycles. The van der Waals surface area contributed by atoms with Crippen molar-refractivity contribution in [1.82, 2.24) is 10.2 Å². The number of carboxylic acid groups (broad SMARTS) is 1. The maximum atomic E-state index is 12.3. The molecule has 5 nitrogen and oxygen atoms in total. The summed E-state index contributed by atoms with van der Waals surface area (Å²) < 4.78 is 0. The SMILES string of the molecule is C1CCC(NC2CCCCC2)CC1.CC(CS)C(=O)N1Cc2ccccc2CC1C(=O)O. The van der Waals surface area contributed by atoms with E-state index in [4.69, 9.17) is 0 Å². The predicted molar refractivity (Wildman–Crippen MR) is 132 cm³/mol. The molecule has 0 saturated heterocycles. The molecule has 2 atom stereocenters. The summed E-state index contributed by atoms with van der Waals surface area (Å²) in [6, 6.07) is 8.64. The third-order valence-corrected chi connectivity index (χ3v) is 7.74. The fourth-order valence-electron chi connectivity index (χ4n) is 5.21. The average molecular weight is 461 g/mol. The first kappa shape index (κ1) is 25.1. The van der Waals surface area contributed by atoms with Gasteiger partial charge in [0.25, 0.3) is 0 Å². The van der Waals surface area contributed by atoms with E-state index in [2.05, 4.69) is 17.9 Å². The number of benzene rings is 1. The Bertz CT molecular complexity index is 728. The highest BCUT2D eigenvalue weighted by Gasteiger charge is 2.35. The van der Waals surface area contributed by atoms with Gasteiger partial charge in [0.05, 0.1) is 0 Å².